The summed E-state index contributed by atoms with van der Waals surface area (Å²) in [5.41, 5.74) is 3.50. The maximum atomic E-state index is 13.0. The number of furan rings is 1. The Morgan fingerprint density at radius 1 is 1.21 bits per heavy atom. The van der Waals surface area contributed by atoms with E-state index in [4.69, 9.17) is 4.42 Å². The fourth-order valence-electron chi connectivity index (χ4n) is 4.29. The van der Waals surface area contributed by atoms with Gasteiger partial charge in [-0.15, -0.1) is 0 Å². The van der Waals surface area contributed by atoms with Gasteiger partial charge in [0.1, 0.15) is 17.6 Å². The number of hydrogen-bond donors (Lipinski definition) is 0. The van der Waals surface area contributed by atoms with Crippen LogP contribution < -0.4 is 5.56 Å². The van der Waals surface area contributed by atoms with Gasteiger partial charge in [0.2, 0.25) is 11.5 Å². The van der Waals surface area contributed by atoms with Crippen LogP contribution in [-0.4, -0.2) is 27.4 Å². The molecule has 1 amide bonds. The second-order valence-electron chi connectivity index (χ2n) is 7.57. The highest BCUT2D eigenvalue weighted by molar-refractivity contribution is 6.01. The van der Waals surface area contributed by atoms with Gasteiger partial charge in [0, 0.05) is 12.4 Å². The Kier molecular flexibility index (Phi) is 4.19. The van der Waals surface area contributed by atoms with Crippen LogP contribution in [0.4, 0.5) is 0 Å². The van der Waals surface area contributed by atoms with Gasteiger partial charge in [-0.2, -0.15) is 0 Å². The van der Waals surface area contributed by atoms with Gasteiger partial charge in [-0.1, -0.05) is 36.4 Å². The third-order valence-corrected chi connectivity index (χ3v) is 5.85. The largest absolute Gasteiger partial charge is 0.448 e. The molecule has 0 saturated heterocycles. The van der Waals surface area contributed by atoms with Gasteiger partial charge in [-0.3, -0.25) is 14.2 Å². The van der Waals surface area contributed by atoms with E-state index in [1.54, 1.807) is 11.0 Å². The van der Waals surface area contributed by atoms with E-state index in [2.05, 4.69) is 17.1 Å². The molecule has 1 aliphatic carbocycles. The molecule has 4 aromatic rings. The van der Waals surface area contributed by atoms with Crippen LogP contribution in [0.15, 0.2) is 64.1 Å². The molecule has 1 atom stereocenters. The first-order chi connectivity index (χ1) is 14.1. The smallest absolute Gasteiger partial charge is 0.297 e. The zero-order chi connectivity index (χ0) is 20.0. The molecule has 1 aliphatic rings. The summed E-state index contributed by atoms with van der Waals surface area (Å²) in [6.07, 6.45) is 4.45. The molecule has 29 heavy (non-hydrogen) atoms. The summed E-state index contributed by atoms with van der Waals surface area (Å²) in [5, 5.41) is 0.800. The lowest BCUT2D eigenvalue weighted by Crippen LogP contribution is -2.37. The van der Waals surface area contributed by atoms with Crippen molar-refractivity contribution in [1.29, 1.82) is 0 Å². The summed E-state index contributed by atoms with van der Waals surface area (Å²) in [7, 11) is 1.81. The van der Waals surface area contributed by atoms with Gasteiger partial charge < -0.3 is 9.32 Å². The number of benzene rings is 2. The summed E-state index contributed by atoms with van der Waals surface area (Å²) in [5.74, 6) is -0.119. The minimum Gasteiger partial charge on any atom is -0.448 e. The van der Waals surface area contributed by atoms with Crippen molar-refractivity contribution in [2.24, 2.45) is 0 Å². The summed E-state index contributed by atoms with van der Waals surface area (Å²) in [6.45, 7) is -0.0615. The van der Waals surface area contributed by atoms with Crippen molar-refractivity contribution in [3.8, 4) is 0 Å². The van der Waals surface area contributed by atoms with Crippen molar-refractivity contribution < 1.29 is 9.21 Å². The molecule has 2 aromatic carbocycles. The number of para-hydroxylation sites is 1. The van der Waals surface area contributed by atoms with Crippen molar-refractivity contribution in [1.82, 2.24) is 14.5 Å². The molecule has 0 fully saturated rings. The van der Waals surface area contributed by atoms with E-state index in [1.807, 2.05) is 37.4 Å². The van der Waals surface area contributed by atoms with E-state index in [0.29, 0.717) is 11.1 Å². The number of rotatable bonds is 3. The van der Waals surface area contributed by atoms with Gasteiger partial charge in [0.25, 0.3) is 5.56 Å². The van der Waals surface area contributed by atoms with E-state index in [9.17, 15) is 9.59 Å². The highest BCUT2D eigenvalue weighted by Gasteiger charge is 2.27. The van der Waals surface area contributed by atoms with Crippen molar-refractivity contribution in [2.75, 3.05) is 7.05 Å². The Morgan fingerprint density at radius 3 is 2.90 bits per heavy atom. The fourth-order valence-corrected chi connectivity index (χ4v) is 4.29. The van der Waals surface area contributed by atoms with Crippen LogP contribution in [0.2, 0.25) is 0 Å². The van der Waals surface area contributed by atoms with Crippen LogP contribution in [0, 0.1) is 0 Å². The minimum atomic E-state index is -0.336. The van der Waals surface area contributed by atoms with Crippen LogP contribution in [0.5, 0.6) is 0 Å². The standard InChI is InChI=1S/C23H21N3O3/c1-25(18-11-6-8-15-7-2-3-9-16(15)18)20(27)13-26-14-24-21-17-10-4-5-12-19(17)29-22(21)23(26)28/h2-5,7,9-10,12,14,18H,6,8,11,13H2,1H3/t18-/m1/s1. The number of carbonyl (C=O) groups excluding carboxylic acids is 1. The van der Waals surface area contributed by atoms with Crippen LogP contribution >= 0.6 is 0 Å². The predicted molar refractivity (Wildman–Crippen MR) is 111 cm³/mol. The average Bonchev–Trinajstić information content (AvgIpc) is 3.14. The van der Waals surface area contributed by atoms with E-state index >= 15 is 0 Å². The minimum absolute atomic E-state index is 0.0334. The number of nitrogens with zero attached hydrogens (tertiary/aromatic N) is 3. The van der Waals surface area contributed by atoms with Gasteiger partial charge in [0.15, 0.2) is 0 Å². The fraction of sp³-hybridized carbons (Fsp3) is 0.261. The molecule has 6 heteroatoms. The lowest BCUT2D eigenvalue weighted by molar-refractivity contribution is -0.133. The first-order valence-corrected chi connectivity index (χ1v) is 9.83. The Bertz CT molecular complexity index is 1290. The summed E-state index contributed by atoms with van der Waals surface area (Å²) in [6, 6.07) is 15.7. The van der Waals surface area contributed by atoms with Crippen LogP contribution in [0.3, 0.4) is 0 Å². The van der Waals surface area contributed by atoms with Crippen molar-refractivity contribution in [3.63, 3.8) is 0 Å². The quantitative estimate of drug-likeness (QED) is 0.538. The molecule has 146 valence electrons. The van der Waals surface area contributed by atoms with Crippen LogP contribution in [0.1, 0.15) is 30.0 Å². The van der Waals surface area contributed by atoms with E-state index in [-0.39, 0.29) is 29.6 Å². The molecule has 0 unspecified atom stereocenters. The highest BCUT2D eigenvalue weighted by Crippen LogP contribution is 2.33. The number of fused-ring (bicyclic) bond motifs is 4. The normalized spacial score (nSPS) is 16.1. The summed E-state index contributed by atoms with van der Waals surface area (Å²) < 4.78 is 7.04. The van der Waals surface area contributed by atoms with Gasteiger partial charge in [-0.25, -0.2) is 4.98 Å². The second kappa shape index (κ2) is 6.88. The van der Waals surface area contributed by atoms with E-state index in [1.165, 1.54) is 22.0 Å². The highest BCUT2D eigenvalue weighted by atomic mass is 16.3. The molecule has 2 aromatic heterocycles. The Hall–Kier alpha value is -3.41. The first-order valence-electron chi connectivity index (χ1n) is 9.83. The van der Waals surface area contributed by atoms with Gasteiger partial charge >= 0.3 is 0 Å². The lowest BCUT2D eigenvalue weighted by atomic mass is 9.87. The first kappa shape index (κ1) is 17.7. The topological polar surface area (TPSA) is 68.3 Å². The van der Waals surface area contributed by atoms with Crippen molar-refractivity contribution in [2.45, 2.75) is 31.8 Å². The van der Waals surface area contributed by atoms with Crippen molar-refractivity contribution >= 4 is 28.0 Å². The number of carbonyl (C=O) groups is 1. The number of aryl methyl sites for hydroxylation is 1. The number of hydrogen-bond acceptors (Lipinski definition) is 4. The molecule has 0 aliphatic heterocycles. The molecule has 2 heterocycles. The molecule has 5 rings (SSSR count). The van der Waals surface area contributed by atoms with Gasteiger partial charge in [-0.05, 0) is 42.5 Å². The number of likely N-dealkylation sites (N-methyl/N-ethyl adjacent to an activating group) is 1. The summed E-state index contributed by atoms with van der Waals surface area (Å²) >= 11 is 0. The van der Waals surface area contributed by atoms with Crippen LogP contribution in [0.25, 0.3) is 22.1 Å². The monoisotopic (exact) mass is 387 g/mol. The zero-order valence-corrected chi connectivity index (χ0v) is 16.2. The van der Waals surface area contributed by atoms with Crippen molar-refractivity contribution in [3.05, 3.63) is 76.3 Å². The predicted octanol–water partition coefficient (Wildman–Crippen LogP) is 3.68. The van der Waals surface area contributed by atoms with E-state index < -0.39 is 0 Å². The third kappa shape index (κ3) is 2.92. The number of aromatic nitrogens is 2. The third-order valence-electron chi connectivity index (χ3n) is 5.85. The second-order valence-corrected chi connectivity index (χ2v) is 7.57. The molecule has 6 nitrogen and oxygen atoms in total. The van der Waals surface area contributed by atoms with Gasteiger partial charge in [0.05, 0.1) is 12.4 Å². The Labute approximate surface area is 167 Å². The molecular weight excluding hydrogens is 366 g/mol. The molecular formula is C23H21N3O3. The molecule has 0 saturated carbocycles. The SMILES string of the molecule is CN(C(=O)Cn1cnc2c(oc3ccccc32)c1=O)[C@@H]1CCCc2ccccc21. The molecule has 0 spiro atoms. The Balaban J connectivity index is 1.45. The Morgan fingerprint density at radius 2 is 2.00 bits per heavy atom. The summed E-state index contributed by atoms with van der Waals surface area (Å²) in [4.78, 5) is 32.0. The zero-order valence-electron chi connectivity index (χ0n) is 16.2. The number of amides is 1. The maximum Gasteiger partial charge on any atom is 0.297 e. The molecule has 0 N–H and O–H groups in total. The maximum absolute atomic E-state index is 13.0. The average molecular weight is 387 g/mol. The molecule has 0 radical (unpaired) electrons. The van der Waals surface area contributed by atoms with Crippen LogP contribution in [-0.2, 0) is 17.8 Å². The lowest BCUT2D eigenvalue weighted by Gasteiger charge is -2.33. The van der Waals surface area contributed by atoms with E-state index in [0.717, 1.165) is 24.6 Å². The molecule has 0 bridgehead atoms.